The lowest BCUT2D eigenvalue weighted by atomic mass is 9.84. The number of hydrogen-bond acceptors (Lipinski definition) is 6. The molecule has 0 saturated carbocycles. The van der Waals surface area contributed by atoms with Crippen LogP contribution in [0.1, 0.15) is 19.8 Å². The molecule has 1 aliphatic rings. The van der Waals surface area contributed by atoms with Gasteiger partial charge in [-0.25, -0.2) is 0 Å². The van der Waals surface area contributed by atoms with E-state index < -0.39 is 4.92 Å². The van der Waals surface area contributed by atoms with Gasteiger partial charge in [0.05, 0.1) is 18.1 Å². The van der Waals surface area contributed by atoms with E-state index in [0.717, 1.165) is 13.0 Å². The molecule has 1 saturated heterocycles. The van der Waals surface area contributed by atoms with Gasteiger partial charge in [0.2, 0.25) is 0 Å². The van der Waals surface area contributed by atoms with Gasteiger partial charge in [-0.1, -0.05) is 12.1 Å². The van der Waals surface area contributed by atoms with Gasteiger partial charge in [0.15, 0.2) is 5.96 Å². The van der Waals surface area contributed by atoms with Crippen LogP contribution in [-0.4, -0.2) is 62.0 Å². The monoisotopic (exact) mass is 507 g/mol. The lowest BCUT2D eigenvalue weighted by Gasteiger charge is -2.24. The van der Waals surface area contributed by atoms with Crippen LogP contribution in [-0.2, 0) is 4.74 Å². The molecule has 2 rings (SSSR count). The highest BCUT2D eigenvalue weighted by molar-refractivity contribution is 14.0. The molecule has 9 nitrogen and oxygen atoms in total. The first-order valence-corrected chi connectivity index (χ1v) is 9.28. The van der Waals surface area contributed by atoms with E-state index in [1.165, 1.54) is 6.07 Å². The highest BCUT2D eigenvalue weighted by Gasteiger charge is 2.34. The highest BCUT2D eigenvalue weighted by Crippen LogP contribution is 2.32. The van der Waals surface area contributed by atoms with Crippen molar-refractivity contribution in [3.63, 3.8) is 0 Å². The standard InChI is InChI=1S/C18H29N5O4.HI/c1-2-19-17(22-13-18(7-11-24)8-12-27-14-18)21-10-9-20-15-5-3-4-6-16(15)23(25)26;/h3-6,20,24H,2,7-14H2,1H3,(H2,19,21,22);1H. The maximum absolute atomic E-state index is 11.0. The average Bonchev–Trinajstić information content (AvgIpc) is 3.12. The molecule has 28 heavy (non-hydrogen) atoms. The predicted octanol–water partition coefficient (Wildman–Crippen LogP) is 1.97. The number of nitrogens with zero attached hydrogens (tertiary/aromatic N) is 2. The minimum atomic E-state index is -0.397. The molecule has 0 bridgehead atoms. The lowest BCUT2D eigenvalue weighted by Crippen LogP contribution is -2.40. The molecule has 0 spiro atoms. The van der Waals surface area contributed by atoms with Crippen LogP contribution in [0.5, 0.6) is 0 Å². The Morgan fingerprint density at radius 2 is 2.14 bits per heavy atom. The third kappa shape index (κ3) is 7.40. The Morgan fingerprint density at radius 1 is 1.36 bits per heavy atom. The molecule has 1 atom stereocenters. The number of ether oxygens (including phenoxy) is 1. The number of nitro groups is 1. The number of anilines is 1. The normalized spacial score (nSPS) is 19.0. The number of benzene rings is 1. The van der Waals surface area contributed by atoms with Gasteiger partial charge in [-0.3, -0.25) is 15.1 Å². The molecule has 1 aliphatic heterocycles. The number of para-hydroxylation sites is 2. The van der Waals surface area contributed by atoms with Gasteiger partial charge >= 0.3 is 0 Å². The van der Waals surface area contributed by atoms with E-state index in [4.69, 9.17) is 4.74 Å². The zero-order chi connectivity index (χ0) is 19.5. The molecule has 1 aromatic carbocycles. The quantitative estimate of drug-likeness (QED) is 0.0955. The van der Waals surface area contributed by atoms with Crippen LogP contribution < -0.4 is 16.0 Å². The Kier molecular flexibility index (Phi) is 11.1. The van der Waals surface area contributed by atoms with Crippen molar-refractivity contribution in [1.82, 2.24) is 10.6 Å². The van der Waals surface area contributed by atoms with Gasteiger partial charge in [-0.2, -0.15) is 0 Å². The number of guanidine groups is 1. The summed E-state index contributed by atoms with van der Waals surface area (Å²) in [6.07, 6.45) is 1.57. The summed E-state index contributed by atoms with van der Waals surface area (Å²) in [7, 11) is 0. The van der Waals surface area contributed by atoms with E-state index in [1.807, 2.05) is 6.92 Å². The van der Waals surface area contributed by atoms with Gasteiger partial charge in [-0.15, -0.1) is 24.0 Å². The lowest BCUT2D eigenvalue weighted by molar-refractivity contribution is -0.384. The van der Waals surface area contributed by atoms with Crippen LogP contribution in [0, 0.1) is 15.5 Å². The van der Waals surface area contributed by atoms with Gasteiger partial charge in [0.1, 0.15) is 5.69 Å². The maximum Gasteiger partial charge on any atom is 0.292 e. The van der Waals surface area contributed by atoms with Gasteiger partial charge < -0.3 is 25.8 Å². The second kappa shape index (κ2) is 12.7. The first kappa shape index (κ1) is 24.4. The molecule has 1 unspecified atom stereocenters. The summed E-state index contributed by atoms with van der Waals surface area (Å²) in [6.45, 7) is 5.83. The highest BCUT2D eigenvalue weighted by atomic mass is 127. The molecule has 1 aromatic rings. The molecule has 158 valence electrons. The average molecular weight is 507 g/mol. The minimum absolute atomic E-state index is 0. The van der Waals surface area contributed by atoms with Crippen molar-refractivity contribution in [1.29, 1.82) is 0 Å². The number of aliphatic hydroxyl groups excluding tert-OH is 1. The van der Waals surface area contributed by atoms with E-state index >= 15 is 0 Å². The Hall–Kier alpha value is -1.66. The van der Waals surface area contributed by atoms with Crippen LogP contribution in [0.2, 0.25) is 0 Å². The fourth-order valence-electron chi connectivity index (χ4n) is 3.04. The third-order valence-electron chi connectivity index (χ3n) is 4.58. The molecular weight excluding hydrogens is 477 g/mol. The van der Waals surface area contributed by atoms with Crippen molar-refractivity contribution in [2.24, 2.45) is 10.4 Å². The fraction of sp³-hybridized carbons (Fsp3) is 0.611. The number of hydrogen-bond donors (Lipinski definition) is 4. The second-order valence-corrected chi connectivity index (χ2v) is 6.60. The van der Waals surface area contributed by atoms with Crippen molar-refractivity contribution in [3.8, 4) is 0 Å². The minimum Gasteiger partial charge on any atom is -0.396 e. The Labute approximate surface area is 182 Å². The van der Waals surface area contributed by atoms with Crippen molar-refractivity contribution in [2.75, 3.05) is 51.3 Å². The van der Waals surface area contributed by atoms with Gasteiger partial charge in [0.25, 0.3) is 5.69 Å². The van der Waals surface area contributed by atoms with Crippen molar-refractivity contribution < 1.29 is 14.8 Å². The summed E-state index contributed by atoms with van der Waals surface area (Å²) < 4.78 is 5.50. The number of nitrogens with one attached hydrogen (secondary N) is 3. The molecule has 0 amide bonds. The summed E-state index contributed by atoms with van der Waals surface area (Å²) in [4.78, 5) is 15.3. The first-order valence-electron chi connectivity index (χ1n) is 9.28. The smallest absolute Gasteiger partial charge is 0.292 e. The van der Waals surface area contributed by atoms with Crippen LogP contribution in [0.3, 0.4) is 0 Å². The summed E-state index contributed by atoms with van der Waals surface area (Å²) in [5, 5.41) is 29.8. The van der Waals surface area contributed by atoms with Crippen molar-refractivity contribution >= 4 is 41.3 Å². The SMILES string of the molecule is CCNC(=NCC1(CCO)CCOC1)NCCNc1ccccc1[N+](=O)[O-].I. The summed E-state index contributed by atoms with van der Waals surface area (Å²) in [5.41, 5.74) is 0.460. The molecule has 10 heteroatoms. The summed E-state index contributed by atoms with van der Waals surface area (Å²) in [6, 6.07) is 6.58. The predicted molar refractivity (Wildman–Crippen MR) is 121 cm³/mol. The van der Waals surface area contributed by atoms with Crippen LogP contribution in [0.4, 0.5) is 11.4 Å². The van der Waals surface area contributed by atoms with Crippen LogP contribution in [0.25, 0.3) is 0 Å². The Morgan fingerprint density at radius 3 is 2.79 bits per heavy atom. The largest absolute Gasteiger partial charge is 0.396 e. The molecule has 1 heterocycles. The van der Waals surface area contributed by atoms with Gasteiger partial charge in [-0.05, 0) is 25.8 Å². The van der Waals surface area contributed by atoms with Crippen LogP contribution >= 0.6 is 24.0 Å². The molecule has 1 fully saturated rings. The number of aliphatic hydroxyl groups is 1. The zero-order valence-electron chi connectivity index (χ0n) is 16.1. The van der Waals surface area contributed by atoms with E-state index in [9.17, 15) is 15.2 Å². The third-order valence-corrected chi connectivity index (χ3v) is 4.58. The molecule has 0 aliphatic carbocycles. The number of rotatable bonds is 10. The maximum atomic E-state index is 11.0. The van der Waals surface area contributed by atoms with Crippen LogP contribution in [0.15, 0.2) is 29.3 Å². The van der Waals surface area contributed by atoms with E-state index in [-0.39, 0.29) is 41.7 Å². The van der Waals surface area contributed by atoms with E-state index in [2.05, 4.69) is 20.9 Å². The number of halogens is 1. The Balaban J connectivity index is 0.00000392. The molecule has 0 radical (unpaired) electrons. The second-order valence-electron chi connectivity index (χ2n) is 6.60. The number of nitro benzene ring substituents is 1. The zero-order valence-corrected chi connectivity index (χ0v) is 18.5. The topological polar surface area (TPSA) is 121 Å². The summed E-state index contributed by atoms with van der Waals surface area (Å²) >= 11 is 0. The number of aliphatic imine (C=N–C) groups is 1. The van der Waals surface area contributed by atoms with E-state index in [0.29, 0.717) is 50.9 Å². The fourth-order valence-corrected chi connectivity index (χ4v) is 3.04. The van der Waals surface area contributed by atoms with Gasteiger partial charge in [0, 0.05) is 44.3 Å². The Bertz CT molecular complexity index is 638. The van der Waals surface area contributed by atoms with Crippen molar-refractivity contribution in [3.05, 3.63) is 34.4 Å². The molecule has 0 aromatic heterocycles. The first-order chi connectivity index (χ1) is 13.1. The van der Waals surface area contributed by atoms with E-state index in [1.54, 1.807) is 18.2 Å². The molecular formula is C18H30IN5O4. The summed E-state index contributed by atoms with van der Waals surface area (Å²) in [5.74, 6) is 0.686. The molecule has 4 N–H and O–H groups in total. The van der Waals surface area contributed by atoms with Crippen molar-refractivity contribution in [2.45, 2.75) is 19.8 Å².